The van der Waals surface area contributed by atoms with E-state index in [4.69, 9.17) is 0 Å². The van der Waals surface area contributed by atoms with Crippen LogP contribution in [0.4, 0.5) is 22.0 Å². The Bertz CT molecular complexity index is 807. The fourth-order valence-electron chi connectivity index (χ4n) is 2.37. The summed E-state index contributed by atoms with van der Waals surface area (Å²) in [5.74, 6) is -16.6. The van der Waals surface area contributed by atoms with Gasteiger partial charge in [0, 0.05) is 11.6 Å². The highest BCUT2D eigenvalue weighted by Gasteiger charge is 2.40. The van der Waals surface area contributed by atoms with Gasteiger partial charge in [-0.3, -0.25) is 14.5 Å². The van der Waals surface area contributed by atoms with E-state index in [1.54, 1.807) is 6.92 Å². The van der Waals surface area contributed by atoms with Gasteiger partial charge in [-0.25, -0.2) is 18.0 Å². The minimum Gasteiger partial charge on any atom is -0.418 e. The molecule has 10 heteroatoms. The largest absolute Gasteiger partial charge is 0.418 e. The Balaban J connectivity index is 2.39. The Morgan fingerprint density at radius 2 is 1.54 bits per heavy atom. The first-order valence-electron chi connectivity index (χ1n) is 7.40. The van der Waals surface area contributed by atoms with E-state index < -0.39 is 58.7 Å². The minimum atomic E-state index is -2.41. The number of rotatable bonds is 5. The van der Waals surface area contributed by atoms with Crippen LogP contribution in [-0.4, -0.2) is 28.7 Å². The molecule has 0 saturated heterocycles. The predicted octanol–water partition coefficient (Wildman–Crippen LogP) is 2.77. The second-order valence-electron chi connectivity index (χ2n) is 5.47. The quantitative estimate of drug-likeness (QED) is 0.198. The maximum atomic E-state index is 13.6. The Labute approximate surface area is 144 Å². The van der Waals surface area contributed by atoms with Gasteiger partial charge in [0.05, 0.1) is 0 Å². The van der Waals surface area contributed by atoms with Crippen LogP contribution in [0.3, 0.4) is 0 Å². The van der Waals surface area contributed by atoms with Crippen molar-refractivity contribution in [2.24, 2.45) is 0 Å². The molecule has 0 bridgehead atoms. The smallest absolute Gasteiger partial charge is 0.334 e. The molecule has 1 aromatic rings. The van der Waals surface area contributed by atoms with Crippen molar-refractivity contribution in [1.29, 1.82) is 0 Å². The van der Waals surface area contributed by atoms with Crippen molar-refractivity contribution in [2.45, 2.75) is 32.7 Å². The van der Waals surface area contributed by atoms with Crippen LogP contribution in [-0.2, 0) is 14.4 Å². The third-order valence-electron chi connectivity index (χ3n) is 3.65. The van der Waals surface area contributed by atoms with E-state index >= 15 is 0 Å². The van der Waals surface area contributed by atoms with Crippen molar-refractivity contribution in [3.63, 3.8) is 0 Å². The molecule has 0 fully saturated rings. The summed E-state index contributed by atoms with van der Waals surface area (Å²) in [4.78, 5) is 36.6. The molecule has 2 amide bonds. The van der Waals surface area contributed by atoms with Gasteiger partial charge in [-0.15, -0.1) is 0 Å². The van der Waals surface area contributed by atoms with Crippen LogP contribution in [0.2, 0.25) is 0 Å². The van der Waals surface area contributed by atoms with Crippen LogP contribution < -0.4 is 4.74 Å². The lowest BCUT2D eigenvalue weighted by atomic mass is 10.1. The Morgan fingerprint density at radius 1 is 1.04 bits per heavy atom. The summed E-state index contributed by atoms with van der Waals surface area (Å²) in [5, 5.41) is 0. The number of amides is 2. The van der Waals surface area contributed by atoms with Gasteiger partial charge < -0.3 is 4.74 Å². The lowest BCUT2D eigenvalue weighted by Crippen LogP contribution is -2.47. The minimum absolute atomic E-state index is 0.0279. The van der Waals surface area contributed by atoms with Crippen molar-refractivity contribution in [3.05, 3.63) is 40.7 Å². The number of carbonyl (C=O) groups is 3. The van der Waals surface area contributed by atoms with Crippen molar-refractivity contribution in [2.75, 3.05) is 0 Å². The molecule has 1 aromatic carbocycles. The predicted molar refractivity (Wildman–Crippen MR) is 76.2 cm³/mol. The molecule has 1 aliphatic heterocycles. The molecule has 0 aromatic heterocycles. The van der Waals surface area contributed by atoms with Gasteiger partial charge in [0.25, 0.3) is 11.8 Å². The lowest BCUT2D eigenvalue weighted by Gasteiger charge is -2.24. The van der Waals surface area contributed by atoms with Crippen LogP contribution in [0.15, 0.2) is 11.6 Å². The highest BCUT2D eigenvalue weighted by molar-refractivity contribution is 6.17. The summed E-state index contributed by atoms with van der Waals surface area (Å²) in [6.45, 7) is 2.91. The van der Waals surface area contributed by atoms with Gasteiger partial charge >= 0.3 is 5.97 Å². The van der Waals surface area contributed by atoms with E-state index in [0.29, 0.717) is 4.90 Å². The molecule has 1 heterocycles. The van der Waals surface area contributed by atoms with Crippen molar-refractivity contribution in [3.8, 4) is 5.75 Å². The summed E-state index contributed by atoms with van der Waals surface area (Å²) in [5.41, 5.74) is 0.0279. The average molecular weight is 377 g/mol. The third-order valence-corrected chi connectivity index (χ3v) is 3.65. The monoisotopic (exact) mass is 377 g/mol. The summed E-state index contributed by atoms with van der Waals surface area (Å²) in [6.07, 6.45) is 1.08. The maximum Gasteiger partial charge on any atom is 0.334 e. The zero-order valence-corrected chi connectivity index (χ0v) is 13.5. The molecule has 5 nitrogen and oxygen atoms in total. The van der Waals surface area contributed by atoms with Crippen LogP contribution >= 0.6 is 0 Å². The fraction of sp³-hybridized carbons (Fsp3) is 0.312. The number of esters is 1. The van der Waals surface area contributed by atoms with E-state index in [0.717, 1.165) is 6.08 Å². The van der Waals surface area contributed by atoms with Crippen molar-refractivity contribution in [1.82, 2.24) is 4.90 Å². The number of halogens is 5. The normalized spacial score (nSPS) is 15.3. The molecule has 1 aliphatic rings. The number of hydrogen-bond acceptors (Lipinski definition) is 4. The van der Waals surface area contributed by atoms with E-state index in [9.17, 15) is 36.3 Å². The first-order valence-corrected chi connectivity index (χ1v) is 7.40. The number of imide groups is 1. The van der Waals surface area contributed by atoms with E-state index in [1.807, 2.05) is 0 Å². The first kappa shape index (κ1) is 19.5. The molecule has 2 rings (SSSR count). The van der Waals surface area contributed by atoms with E-state index in [1.165, 1.54) is 6.92 Å². The van der Waals surface area contributed by atoms with Gasteiger partial charge in [0.1, 0.15) is 6.04 Å². The highest BCUT2D eigenvalue weighted by Crippen LogP contribution is 2.30. The zero-order valence-electron chi connectivity index (χ0n) is 13.5. The number of nitrogens with zero attached hydrogens (tertiary/aromatic N) is 1. The van der Waals surface area contributed by atoms with Gasteiger partial charge in [-0.05, 0) is 13.3 Å². The number of benzene rings is 1. The first-order chi connectivity index (χ1) is 12.1. The topological polar surface area (TPSA) is 63.7 Å². The molecule has 1 unspecified atom stereocenters. The van der Waals surface area contributed by atoms with E-state index in [-0.39, 0.29) is 18.4 Å². The van der Waals surface area contributed by atoms with Crippen LogP contribution in [0.25, 0.3) is 0 Å². The molecule has 26 heavy (non-hydrogen) atoms. The summed E-state index contributed by atoms with van der Waals surface area (Å²) in [7, 11) is 0. The molecule has 0 spiro atoms. The number of carbonyl (C=O) groups excluding carboxylic acids is 3. The molecular weight excluding hydrogens is 365 g/mol. The standard InChI is InChI=1S/C16H12F5NO4/c1-3-4-7(22-8(23)5-6(2)15(22)24)16(25)26-14-12(20)10(18)9(17)11(19)13(14)21/h5,7H,3-4H2,1-2H3. The highest BCUT2D eigenvalue weighted by atomic mass is 19.2. The van der Waals surface area contributed by atoms with Gasteiger partial charge in [-0.2, -0.15) is 8.78 Å². The zero-order chi connectivity index (χ0) is 19.8. The van der Waals surface area contributed by atoms with Gasteiger partial charge in [-0.1, -0.05) is 13.3 Å². The number of hydrogen-bond donors (Lipinski definition) is 0. The average Bonchev–Trinajstić information content (AvgIpc) is 2.85. The maximum absolute atomic E-state index is 13.6. The lowest BCUT2D eigenvalue weighted by molar-refractivity contribution is -0.152. The number of ether oxygens (including phenoxy) is 1. The third kappa shape index (κ3) is 3.18. The second kappa shape index (κ2) is 7.22. The molecule has 0 aliphatic carbocycles. The molecule has 0 radical (unpaired) electrons. The Morgan fingerprint density at radius 3 is 1.96 bits per heavy atom. The van der Waals surface area contributed by atoms with Crippen LogP contribution in [0.1, 0.15) is 26.7 Å². The fourth-order valence-corrected chi connectivity index (χ4v) is 2.37. The SMILES string of the molecule is CCCC(C(=O)Oc1c(F)c(F)c(F)c(F)c1F)N1C(=O)C=C(C)C1=O. The molecule has 140 valence electrons. The van der Waals surface area contributed by atoms with Crippen LogP contribution in [0, 0.1) is 29.1 Å². The van der Waals surface area contributed by atoms with Gasteiger partial charge in [0.15, 0.2) is 0 Å². The van der Waals surface area contributed by atoms with Crippen molar-refractivity contribution >= 4 is 17.8 Å². The Kier molecular flexibility index (Phi) is 5.43. The molecule has 0 N–H and O–H groups in total. The summed E-state index contributed by atoms with van der Waals surface area (Å²) < 4.78 is 71.1. The van der Waals surface area contributed by atoms with Gasteiger partial charge in [0.2, 0.25) is 34.8 Å². The second-order valence-corrected chi connectivity index (χ2v) is 5.47. The molecular formula is C16H12F5NO4. The molecule has 1 atom stereocenters. The van der Waals surface area contributed by atoms with E-state index in [2.05, 4.69) is 4.74 Å². The summed E-state index contributed by atoms with van der Waals surface area (Å²) >= 11 is 0. The molecule has 0 saturated carbocycles. The summed E-state index contributed by atoms with van der Waals surface area (Å²) in [6, 6.07) is -1.58. The Hall–Kier alpha value is -2.78. The van der Waals surface area contributed by atoms with Crippen molar-refractivity contribution < 1.29 is 41.1 Å². The van der Waals surface area contributed by atoms with Crippen LogP contribution in [0.5, 0.6) is 5.75 Å².